The Labute approximate surface area is 105 Å². The van der Waals surface area contributed by atoms with E-state index in [9.17, 15) is 0 Å². The molecule has 0 N–H and O–H groups in total. The zero-order valence-electron chi connectivity index (χ0n) is 9.59. The van der Waals surface area contributed by atoms with Crippen LogP contribution in [0.15, 0.2) is 36.7 Å². The summed E-state index contributed by atoms with van der Waals surface area (Å²) in [5, 5.41) is 0.486. The zero-order valence-corrected chi connectivity index (χ0v) is 10.3. The van der Waals surface area contributed by atoms with Crippen molar-refractivity contribution in [1.29, 1.82) is 0 Å². The number of hydrogen-bond donors (Lipinski definition) is 0. The highest BCUT2D eigenvalue weighted by Crippen LogP contribution is 2.23. The molecule has 88 valence electrons. The first kappa shape index (κ1) is 11.7. The molecule has 0 fully saturated rings. The summed E-state index contributed by atoms with van der Waals surface area (Å²) in [6, 6.07) is 7.96. The Hall–Kier alpha value is -1.81. The van der Waals surface area contributed by atoms with E-state index in [1.165, 1.54) is 12.4 Å². The molecule has 0 saturated carbocycles. The standard InChI is InChI=1S/C12H12ClN3O/c1-16(2)10-4-3-5-11(6-10)17-12-14-7-9(13)8-15-12/h3-8H,1-2H3. The number of benzene rings is 1. The molecule has 0 aliphatic heterocycles. The van der Waals surface area contributed by atoms with E-state index in [2.05, 4.69) is 9.97 Å². The lowest BCUT2D eigenvalue weighted by Crippen LogP contribution is -2.08. The minimum Gasteiger partial charge on any atom is -0.424 e. The minimum absolute atomic E-state index is 0.283. The van der Waals surface area contributed by atoms with Crippen LogP contribution in [0, 0.1) is 0 Å². The van der Waals surface area contributed by atoms with Gasteiger partial charge in [0.05, 0.1) is 17.4 Å². The fraction of sp³-hybridized carbons (Fsp3) is 0.167. The van der Waals surface area contributed by atoms with Crippen LogP contribution < -0.4 is 9.64 Å². The normalized spacial score (nSPS) is 10.1. The number of anilines is 1. The van der Waals surface area contributed by atoms with E-state index < -0.39 is 0 Å². The van der Waals surface area contributed by atoms with E-state index in [1.807, 2.05) is 43.3 Å². The van der Waals surface area contributed by atoms with Gasteiger partial charge >= 0.3 is 6.01 Å². The highest BCUT2D eigenvalue weighted by molar-refractivity contribution is 6.30. The first-order chi connectivity index (χ1) is 8.15. The predicted octanol–water partition coefficient (Wildman–Crippen LogP) is 2.99. The third-order valence-electron chi connectivity index (χ3n) is 2.14. The van der Waals surface area contributed by atoms with Crippen LogP contribution in [0.2, 0.25) is 5.02 Å². The highest BCUT2D eigenvalue weighted by atomic mass is 35.5. The van der Waals surface area contributed by atoms with Gasteiger partial charge in [0.25, 0.3) is 0 Å². The molecule has 0 atom stereocenters. The molecule has 0 amide bonds. The number of hydrogen-bond acceptors (Lipinski definition) is 4. The van der Waals surface area contributed by atoms with Gasteiger partial charge in [0.1, 0.15) is 5.75 Å². The van der Waals surface area contributed by atoms with Gasteiger partial charge in [-0.2, -0.15) is 0 Å². The van der Waals surface area contributed by atoms with Crippen LogP contribution in [0.1, 0.15) is 0 Å². The first-order valence-electron chi connectivity index (χ1n) is 5.08. The monoisotopic (exact) mass is 249 g/mol. The summed E-state index contributed by atoms with van der Waals surface area (Å²) < 4.78 is 5.52. The topological polar surface area (TPSA) is 38.2 Å². The number of rotatable bonds is 3. The lowest BCUT2D eigenvalue weighted by atomic mass is 10.3. The van der Waals surface area contributed by atoms with Crippen molar-refractivity contribution < 1.29 is 4.74 Å². The molecule has 0 aliphatic carbocycles. The van der Waals surface area contributed by atoms with Crippen molar-refractivity contribution in [3.8, 4) is 11.8 Å². The quantitative estimate of drug-likeness (QED) is 0.838. The maximum absolute atomic E-state index is 5.69. The summed E-state index contributed by atoms with van der Waals surface area (Å²) >= 11 is 5.69. The molecule has 17 heavy (non-hydrogen) atoms. The van der Waals surface area contributed by atoms with Gasteiger partial charge in [-0.1, -0.05) is 17.7 Å². The first-order valence-corrected chi connectivity index (χ1v) is 5.46. The molecule has 0 aliphatic rings. The molecule has 1 heterocycles. The van der Waals surface area contributed by atoms with E-state index >= 15 is 0 Å². The molecule has 0 radical (unpaired) electrons. The fourth-order valence-corrected chi connectivity index (χ4v) is 1.38. The average molecular weight is 250 g/mol. The molecule has 0 bridgehead atoms. The summed E-state index contributed by atoms with van der Waals surface area (Å²) in [6.45, 7) is 0. The van der Waals surface area contributed by atoms with Crippen molar-refractivity contribution in [2.45, 2.75) is 0 Å². The Balaban J connectivity index is 2.18. The van der Waals surface area contributed by atoms with Gasteiger partial charge in [-0.15, -0.1) is 0 Å². The smallest absolute Gasteiger partial charge is 0.321 e. The second-order valence-corrected chi connectivity index (χ2v) is 4.11. The molecule has 4 nitrogen and oxygen atoms in total. The van der Waals surface area contributed by atoms with Gasteiger partial charge in [-0.3, -0.25) is 0 Å². The average Bonchev–Trinajstić information content (AvgIpc) is 2.32. The van der Waals surface area contributed by atoms with E-state index in [4.69, 9.17) is 16.3 Å². The summed E-state index contributed by atoms with van der Waals surface area (Å²) in [5.74, 6) is 0.693. The Morgan fingerprint density at radius 1 is 1.18 bits per heavy atom. The second-order valence-electron chi connectivity index (χ2n) is 3.68. The Morgan fingerprint density at radius 2 is 1.88 bits per heavy atom. The van der Waals surface area contributed by atoms with Gasteiger partial charge in [-0.25, -0.2) is 9.97 Å². The molecule has 1 aromatic heterocycles. The van der Waals surface area contributed by atoms with Crippen LogP contribution >= 0.6 is 11.6 Å². The Kier molecular flexibility index (Phi) is 3.44. The summed E-state index contributed by atoms with van der Waals surface area (Å²) in [4.78, 5) is 9.93. The maximum atomic E-state index is 5.69. The maximum Gasteiger partial charge on any atom is 0.321 e. The third-order valence-corrected chi connectivity index (χ3v) is 2.33. The van der Waals surface area contributed by atoms with Crippen molar-refractivity contribution in [3.05, 3.63) is 41.7 Å². The van der Waals surface area contributed by atoms with E-state index in [0.717, 1.165) is 5.69 Å². The van der Waals surface area contributed by atoms with Crippen LogP contribution in [0.5, 0.6) is 11.8 Å². The van der Waals surface area contributed by atoms with Crippen molar-refractivity contribution in [3.63, 3.8) is 0 Å². The number of ether oxygens (including phenoxy) is 1. The van der Waals surface area contributed by atoms with Crippen LogP contribution in [-0.2, 0) is 0 Å². The van der Waals surface area contributed by atoms with Crippen LogP contribution in [0.4, 0.5) is 5.69 Å². The lowest BCUT2D eigenvalue weighted by Gasteiger charge is -2.13. The van der Waals surface area contributed by atoms with Crippen LogP contribution in [0.25, 0.3) is 0 Å². The third kappa shape index (κ3) is 3.07. The van der Waals surface area contributed by atoms with Gasteiger partial charge < -0.3 is 9.64 Å². The van der Waals surface area contributed by atoms with Crippen molar-refractivity contribution in [1.82, 2.24) is 9.97 Å². The van der Waals surface area contributed by atoms with Gasteiger partial charge in [0, 0.05) is 25.8 Å². The molecular weight excluding hydrogens is 238 g/mol. The van der Waals surface area contributed by atoms with Crippen molar-refractivity contribution >= 4 is 17.3 Å². The second kappa shape index (κ2) is 5.01. The number of halogens is 1. The fourth-order valence-electron chi connectivity index (χ4n) is 1.28. The van der Waals surface area contributed by atoms with Gasteiger partial charge in [-0.05, 0) is 12.1 Å². The van der Waals surface area contributed by atoms with E-state index in [1.54, 1.807) is 0 Å². The molecule has 2 rings (SSSR count). The van der Waals surface area contributed by atoms with Gasteiger partial charge in [0.15, 0.2) is 0 Å². The lowest BCUT2D eigenvalue weighted by molar-refractivity contribution is 0.442. The number of nitrogens with zero attached hydrogens (tertiary/aromatic N) is 3. The molecule has 1 aromatic carbocycles. The van der Waals surface area contributed by atoms with Crippen molar-refractivity contribution in [2.24, 2.45) is 0 Å². The largest absolute Gasteiger partial charge is 0.424 e. The zero-order chi connectivity index (χ0) is 12.3. The molecule has 0 spiro atoms. The molecule has 2 aromatic rings. The van der Waals surface area contributed by atoms with Crippen LogP contribution in [0.3, 0.4) is 0 Å². The Bertz CT molecular complexity index is 499. The molecule has 0 unspecified atom stereocenters. The minimum atomic E-state index is 0.283. The van der Waals surface area contributed by atoms with E-state index in [0.29, 0.717) is 10.8 Å². The molecule has 5 heteroatoms. The summed E-state index contributed by atoms with van der Waals surface area (Å²) in [6.07, 6.45) is 3.00. The summed E-state index contributed by atoms with van der Waals surface area (Å²) in [5.41, 5.74) is 1.05. The van der Waals surface area contributed by atoms with Crippen molar-refractivity contribution in [2.75, 3.05) is 19.0 Å². The predicted molar refractivity (Wildman–Crippen MR) is 67.9 cm³/mol. The van der Waals surface area contributed by atoms with Crippen LogP contribution in [-0.4, -0.2) is 24.1 Å². The SMILES string of the molecule is CN(C)c1cccc(Oc2ncc(Cl)cn2)c1. The van der Waals surface area contributed by atoms with E-state index in [-0.39, 0.29) is 6.01 Å². The molecule has 0 saturated heterocycles. The highest BCUT2D eigenvalue weighted by Gasteiger charge is 2.02. The molecular formula is C12H12ClN3O. The van der Waals surface area contributed by atoms with Gasteiger partial charge in [0.2, 0.25) is 0 Å². The number of aromatic nitrogens is 2. The Morgan fingerprint density at radius 3 is 2.53 bits per heavy atom. The summed E-state index contributed by atoms with van der Waals surface area (Å²) in [7, 11) is 3.94.